The predicted octanol–water partition coefficient (Wildman–Crippen LogP) is 4.03. The summed E-state index contributed by atoms with van der Waals surface area (Å²) in [7, 11) is 0. The molecule has 1 rings (SSSR count). The molecule has 0 aliphatic rings. The van der Waals surface area contributed by atoms with Crippen molar-refractivity contribution in [2.45, 2.75) is 55.3 Å². The number of hydrogen-bond acceptors (Lipinski definition) is 0. The first-order valence-electron chi connectivity index (χ1n) is 6.84. The topological polar surface area (TPSA) is 0 Å². The van der Waals surface area contributed by atoms with Crippen molar-refractivity contribution in [1.29, 1.82) is 0 Å². The van der Waals surface area contributed by atoms with Crippen LogP contribution in [0, 0.1) is 6.92 Å². The summed E-state index contributed by atoms with van der Waals surface area (Å²) in [5, 5.41) is 0. The Morgan fingerprint density at radius 2 is 1.38 bits per heavy atom. The zero-order chi connectivity index (χ0) is 11.8. The van der Waals surface area contributed by atoms with Gasteiger partial charge in [-0.2, -0.15) is 0 Å². The number of benzene rings is 1. The second-order valence-electron chi connectivity index (χ2n) is 4.89. The molecule has 0 amide bonds. The monoisotopic (exact) mass is 326 g/mol. The van der Waals surface area contributed by atoms with E-state index in [4.69, 9.17) is 0 Å². The van der Waals surface area contributed by atoms with Crippen molar-refractivity contribution in [3.63, 3.8) is 0 Å². The van der Waals surface area contributed by atoms with Gasteiger partial charge in [0, 0.05) is 0 Å². The van der Waals surface area contributed by atoms with E-state index >= 15 is 0 Å². The van der Waals surface area contributed by atoms with Crippen LogP contribution in [0.3, 0.4) is 0 Å². The van der Waals surface area contributed by atoms with E-state index in [1.807, 2.05) is 0 Å². The first-order valence-corrected chi connectivity index (χ1v) is 13.1. The molecule has 0 atom stereocenters. The molecule has 0 radical (unpaired) electrons. The molecule has 1 heteroatoms. The van der Waals surface area contributed by atoms with Gasteiger partial charge in [0.15, 0.2) is 0 Å². The van der Waals surface area contributed by atoms with E-state index < -0.39 is 19.8 Å². The van der Waals surface area contributed by atoms with Crippen LogP contribution in [0.25, 0.3) is 0 Å². The summed E-state index contributed by atoms with van der Waals surface area (Å²) in [5.74, 6) is 0. The zero-order valence-electron chi connectivity index (χ0n) is 11.1. The summed E-state index contributed by atoms with van der Waals surface area (Å²) >= 11 is -1.39. The van der Waals surface area contributed by atoms with E-state index in [0.29, 0.717) is 0 Å². The van der Waals surface area contributed by atoms with E-state index in [9.17, 15) is 0 Å². The SMILES string of the molecule is CCC[CH2][SnH]([CH2]CCC)[c]1ccc(C)cc1. The van der Waals surface area contributed by atoms with Crippen LogP contribution in [-0.2, 0) is 0 Å². The van der Waals surface area contributed by atoms with Crippen molar-refractivity contribution in [1.82, 2.24) is 0 Å². The van der Waals surface area contributed by atoms with Gasteiger partial charge in [-0.3, -0.25) is 0 Å². The Hall–Kier alpha value is 0.0187. The number of rotatable bonds is 7. The summed E-state index contributed by atoms with van der Waals surface area (Å²) in [4.78, 5) is 0. The second kappa shape index (κ2) is 8.16. The third-order valence-corrected chi connectivity index (χ3v) is 13.5. The maximum absolute atomic E-state index is 2.42. The molecule has 0 heterocycles. The second-order valence-corrected chi connectivity index (χ2v) is 14.1. The van der Waals surface area contributed by atoms with Gasteiger partial charge in [-0.25, -0.2) is 0 Å². The van der Waals surface area contributed by atoms with Crippen molar-refractivity contribution in [3.8, 4) is 0 Å². The molecule has 0 nitrogen and oxygen atoms in total. The Morgan fingerprint density at radius 1 is 0.875 bits per heavy atom. The van der Waals surface area contributed by atoms with Gasteiger partial charge in [0.05, 0.1) is 0 Å². The van der Waals surface area contributed by atoms with Crippen molar-refractivity contribution in [2.24, 2.45) is 0 Å². The minimum absolute atomic E-state index is 1.37. The average molecular weight is 325 g/mol. The first-order chi connectivity index (χ1) is 7.77. The number of hydrogen-bond donors (Lipinski definition) is 0. The summed E-state index contributed by atoms with van der Waals surface area (Å²) in [6.07, 6.45) is 5.65. The molecule has 0 aliphatic heterocycles. The quantitative estimate of drug-likeness (QED) is 0.664. The molecular weight excluding hydrogens is 299 g/mol. The van der Waals surface area contributed by atoms with E-state index in [2.05, 4.69) is 45.0 Å². The van der Waals surface area contributed by atoms with Crippen LogP contribution in [0.4, 0.5) is 0 Å². The van der Waals surface area contributed by atoms with Gasteiger partial charge in [0.25, 0.3) is 0 Å². The fourth-order valence-electron chi connectivity index (χ4n) is 2.22. The molecule has 0 fully saturated rings. The third-order valence-electron chi connectivity index (χ3n) is 3.36. The van der Waals surface area contributed by atoms with Gasteiger partial charge in [-0.05, 0) is 0 Å². The first kappa shape index (κ1) is 14.1. The van der Waals surface area contributed by atoms with Crippen molar-refractivity contribution in [2.75, 3.05) is 0 Å². The van der Waals surface area contributed by atoms with Crippen LogP contribution in [0.1, 0.15) is 45.1 Å². The molecule has 0 N–H and O–H groups in total. The molecular formula is C15H26Sn. The van der Waals surface area contributed by atoms with Crippen LogP contribution >= 0.6 is 0 Å². The Bertz CT molecular complexity index is 268. The van der Waals surface area contributed by atoms with E-state index in [1.165, 1.54) is 31.2 Å². The summed E-state index contributed by atoms with van der Waals surface area (Å²) in [6, 6.07) is 9.44. The van der Waals surface area contributed by atoms with Crippen LogP contribution < -0.4 is 3.58 Å². The van der Waals surface area contributed by atoms with Gasteiger partial charge in [-0.1, -0.05) is 0 Å². The molecule has 0 saturated carbocycles. The molecule has 90 valence electrons. The van der Waals surface area contributed by atoms with E-state index in [0.717, 1.165) is 0 Å². The Kier molecular flexibility index (Phi) is 7.18. The van der Waals surface area contributed by atoms with Gasteiger partial charge in [-0.15, -0.1) is 0 Å². The Balaban J connectivity index is 2.62. The van der Waals surface area contributed by atoms with Gasteiger partial charge in [0.2, 0.25) is 0 Å². The fourth-order valence-corrected chi connectivity index (χ4v) is 12.2. The summed E-state index contributed by atoms with van der Waals surface area (Å²) in [5.41, 5.74) is 1.40. The zero-order valence-corrected chi connectivity index (χ0v) is 14.4. The summed E-state index contributed by atoms with van der Waals surface area (Å²) < 4.78 is 4.90. The van der Waals surface area contributed by atoms with Crippen molar-refractivity contribution in [3.05, 3.63) is 29.8 Å². The molecule has 1 aromatic rings. The number of unbranched alkanes of at least 4 members (excludes halogenated alkanes) is 2. The minimum atomic E-state index is -1.39. The van der Waals surface area contributed by atoms with Crippen molar-refractivity contribution >= 4 is 23.3 Å². The van der Waals surface area contributed by atoms with E-state index in [-0.39, 0.29) is 0 Å². The third kappa shape index (κ3) is 4.90. The molecule has 0 bridgehead atoms. The maximum atomic E-state index is 2.42. The number of aryl methyl sites for hydroxylation is 1. The normalized spacial score (nSPS) is 11.0. The molecule has 16 heavy (non-hydrogen) atoms. The van der Waals surface area contributed by atoms with E-state index in [1.54, 1.807) is 12.5 Å². The molecule has 0 aliphatic carbocycles. The van der Waals surface area contributed by atoms with Crippen LogP contribution in [-0.4, -0.2) is 19.8 Å². The molecule has 0 unspecified atom stereocenters. The van der Waals surface area contributed by atoms with Crippen LogP contribution in [0.2, 0.25) is 8.87 Å². The standard InChI is InChI=1S/C7H7.2C4H9.Sn.H/c1-7-5-3-2-4-6-7;2*1-3-4-2;;/h3-6H,1H3;2*1,3-4H2,2H3;;. The Labute approximate surface area is 108 Å². The predicted molar refractivity (Wildman–Crippen MR) is 77.4 cm³/mol. The molecule has 0 saturated heterocycles. The summed E-state index contributed by atoms with van der Waals surface area (Å²) in [6.45, 7) is 6.82. The van der Waals surface area contributed by atoms with Gasteiger partial charge < -0.3 is 0 Å². The van der Waals surface area contributed by atoms with Crippen molar-refractivity contribution < 1.29 is 0 Å². The fraction of sp³-hybridized carbons (Fsp3) is 0.600. The van der Waals surface area contributed by atoms with Gasteiger partial charge >= 0.3 is 108 Å². The average Bonchev–Trinajstić information content (AvgIpc) is 2.31. The molecule has 1 aromatic carbocycles. The van der Waals surface area contributed by atoms with Gasteiger partial charge in [0.1, 0.15) is 0 Å². The van der Waals surface area contributed by atoms with Crippen LogP contribution in [0.15, 0.2) is 24.3 Å². The molecule has 0 spiro atoms. The Morgan fingerprint density at radius 3 is 1.81 bits per heavy atom. The molecule has 0 aromatic heterocycles. The van der Waals surface area contributed by atoms with Crippen LogP contribution in [0.5, 0.6) is 0 Å².